The molecule has 1 fully saturated rings. The fraction of sp³-hybridized carbons (Fsp3) is 0.333. The molecule has 1 aliphatic carbocycles. The first kappa shape index (κ1) is 31.9. The van der Waals surface area contributed by atoms with Gasteiger partial charge in [0, 0.05) is 12.2 Å². The predicted molar refractivity (Wildman–Crippen MR) is 145 cm³/mol. The van der Waals surface area contributed by atoms with Gasteiger partial charge in [-0.1, -0.05) is 22.9 Å². The number of benzene rings is 1. The summed E-state index contributed by atoms with van der Waals surface area (Å²) in [5.41, 5.74) is -6.41. The van der Waals surface area contributed by atoms with Crippen LogP contribution in [0.15, 0.2) is 42.7 Å². The molecular formula is C27H22ClF7N8O2. The molecule has 0 aliphatic heterocycles. The minimum absolute atomic E-state index is 0.0317. The lowest BCUT2D eigenvalue weighted by atomic mass is 10.0. The molecule has 0 saturated heterocycles. The second-order valence-corrected chi connectivity index (χ2v) is 10.8. The van der Waals surface area contributed by atoms with Gasteiger partial charge in [0.05, 0.1) is 34.7 Å². The summed E-state index contributed by atoms with van der Waals surface area (Å²) in [4.78, 5) is 30.8. The van der Waals surface area contributed by atoms with Crippen LogP contribution < -0.4 is 10.6 Å². The lowest BCUT2D eigenvalue weighted by Crippen LogP contribution is -2.50. The highest BCUT2D eigenvalue weighted by Crippen LogP contribution is 2.52. The van der Waals surface area contributed by atoms with Gasteiger partial charge in [0.25, 0.3) is 11.8 Å². The van der Waals surface area contributed by atoms with Gasteiger partial charge in [-0.25, -0.2) is 18.7 Å². The zero-order valence-electron chi connectivity index (χ0n) is 23.3. The molecule has 0 unspecified atom stereocenters. The number of aromatic nitrogens is 6. The summed E-state index contributed by atoms with van der Waals surface area (Å²) >= 11 is 6.28. The SMILES string of the molecule is Cc1cc(C)c(NC(=O)c2cc(Cn3cc(C(F)(C(F)(F)F)C(F)(F)F)nn3)nn2-c2ncccc2Cl)c(C(=O)NC2CC2)c1. The van der Waals surface area contributed by atoms with E-state index in [1.807, 2.05) is 0 Å². The van der Waals surface area contributed by atoms with E-state index in [4.69, 9.17) is 11.6 Å². The molecule has 0 atom stereocenters. The summed E-state index contributed by atoms with van der Waals surface area (Å²) in [7, 11) is 0. The zero-order valence-corrected chi connectivity index (χ0v) is 24.0. The molecule has 3 aromatic heterocycles. The number of hydrogen-bond acceptors (Lipinski definition) is 6. The zero-order chi connectivity index (χ0) is 32.9. The summed E-state index contributed by atoms with van der Waals surface area (Å²) in [6, 6.07) is 7.48. The average molecular weight is 659 g/mol. The Kier molecular flexibility index (Phi) is 8.10. The molecule has 18 heteroatoms. The van der Waals surface area contributed by atoms with Crippen LogP contribution >= 0.6 is 11.6 Å². The molecule has 3 heterocycles. The van der Waals surface area contributed by atoms with E-state index in [9.17, 15) is 40.3 Å². The van der Waals surface area contributed by atoms with Gasteiger partial charge in [-0.3, -0.25) is 9.59 Å². The Morgan fingerprint density at radius 3 is 2.33 bits per heavy atom. The van der Waals surface area contributed by atoms with Crippen molar-refractivity contribution in [2.45, 2.75) is 57.3 Å². The number of nitrogens with one attached hydrogen (secondary N) is 2. The molecule has 0 radical (unpaired) electrons. The first-order valence-electron chi connectivity index (χ1n) is 13.2. The van der Waals surface area contributed by atoms with Gasteiger partial charge in [0.1, 0.15) is 11.4 Å². The van der Waals surface area contributed by atoms with Gasteiger partial charge < -0.3 is 10.6 Å². The Morgan fingerprint density at radius 2 is 1.71 bits per heavy atom. The Balaban J connectivity index is 1.51. The molecule has 238 valence electrons. The van der Waals surface area contributed by atoms with Crippen LogP contribution in [0.1, 0.15) is 56.2 Å². The molecule has 4 aromatic rings. The number of rotatable bonds is 8. The molecule has 1 saturated carbocycles. The lowest BCUT2D eigenvalue weighted by Gasteiger charge is -2.27. The van der Waals surface area contributed by atoms with Gasteiger partial charge in [0.2, 0.25) is 0 Å². The number of halogens is 8. The summed E-state index contributed by atoms with van der Waals surface area (Å²) in [5.74, 6) is -1.25. The molecule has 5 rings (SSSR count). The third kappa shape index (κ3) is 6.21. The number of hydrogen-bond donors (Lipinski definition) is 2. The molecule has 1 aromatic carbocycles. The van der Waals surface area contributed by atoms with Crippen molar-refractivity contribution >= 4 is 29.1 Å². The van der Waals surface area contributed by atoms with Gasteiger partial charge in [-0.15, -0.1) is 5.10 Å². The number of alkyl halides is 7. The van der Waals surface area contributed by atoms with Crippen molar-refractivity contribution in [3.63, 3.8) is 0 Å². The highest BCUT2D eigenvalue weighted by Gasteiger charge is 2.75. The first-order chi connectivity index (χ1) is 21.0. The van der Waals surface area contributed by atoms with Crippen molar-refractivity contribution in [2.75, 3.05) is 5.32 Å². The number of aryl methyl sites for hydroxylation is 2. The molecule has 0 bridgehead atoms. The van der Waals surface area contributed by atoms with E-state index in [0.29, 0.717) is 10.2 Å². The van der Waals surface area contributed by atoms with E-state index in [0.717, 1.165) is 29.2 Å². The van der Waals surface area contributed by atoms with E-state index in [-0.39, 0.29) is 45.7 Å². The van der Waals surface area contributed by atoms with E-state index in [2.05, 4.69) is 31.0 Å². The first-order valence-corrected chi connectivity index (χ1v) is 13.5. The van der Waals surface area contributed by atoms with Crippen LogP contribution in [0.5, 0.6) is 0 Å². The monoisotopic (exact) mass is 658 g/mol. The van der Waals surface area contributed by atoms with Crippen LogP contribution in [0.4, 0.5) is 36.4 Å². The second-order valence-electron chi connectivity index (χ2n) is 10.4. The summed E-state index contributed by atoms with van der Waals surface area (Å²) < 4.78 is 95.1. The van der Waals surface area contributed by atoms with Crippen LogP contribution in [0.25, 0.3) is 5.82 Å². The van der Waals surface area contributed by atoms with Crippen molar-refractivity contribution in [1.29, 1.82) is 0 Å². The van der Waals surface area contributed by atoms with Crippen LogP contribution in [-0.4, -0.2) is 60.0 Å². The summed E-state index contributed by atoms with van der Waals surface area (Å²) in [6.45, 7) is 2.84. The van der Waals surface area contributed by atoms with Crippen LogP contribution in [-0.2, 0) is 12.2 Å². The number of carbonyl (C=O) groups excluding carboxylic acids is 2. The molecule has 45 heavy (non-hydrogen) atoms. The average Bonchev–Trinajstić information content (AvgIpc) is 3.46. The predicted octanol–water partition coefficient (Wildman–Crippen LogP) is 5.61. The molecule has 10 nitrogen and oxygen atoms in total. The van der Waals surface area contributed by atoms with E-state index in [1.54, 1.807) is 26.0 Å². The normalized spacial score (nSPS) is 14.0. The molecule has 1 aliphatic rings. The minimum atomic E-state index is -6.38. The molecule has 2 amide bonds. The topological polar surface area (TPSA) is 120 Å². The highest BCUT2D eigenvalue weighted by atomic mass is 35.5. The van der Waals surface area contributed by atoms with Gasteiger partial charge in [0.15, 0.2) is 5.82 Å². The maximum Gasteiger partial charge on any atom is 0.437 e. The lowest BCUT2D eigenvalue weighted by molar-refractivity contribution is -0.350. The third-order valence-electron chi connectivity index (χ3n) is 6.80. The number of amides is 2. The van der Waals surface area contributed by atoms with Crippen LogP contribution in [0.3, 0.4) is 0 Å². The second kappa shape index (κ2) is 11.4. The highest BCUT2D eigenvalue weighted by molar-refractivity contribution is 6.32. The fourth-order valence-electron chi connectivity index (χ4n) is 4.50. The van der Waals surface area contributed by atoms with Crippen molar-refractivity contribution in [3.05, 3.63) is 81.5 Å². The number of anilines is 1. The van der Waals surface area contributed by atoms with Gasteiger partial charge >= 0.3 is 18.0 Å². The van der Waals surface area contributed by atoms with Crippen LogP contribution in [0.2, 0.25) is 5.02 Å². The number of nitrogens with zero attached hydrogens (tertiary/aromatic N) is 6. The maximum absolute atomic E-state index is 14.5. The molecule has 2 N–H and O–H groups in total. The van der Waals surface area contributed by atoms with Crippen LogP contribution in [0, 0.1) is 13.8 Å². The van der Waals surface area contributed by atoms with E-state index < -0.39 is 42.1 Å². The molecule has 0 spiro atoms. The van der Waals surface area contributed by atoms with Gasteiger partial charge in [-0.2, -0.15) is 31.4 Å². The fourth-order valence-corrected chi connectivity index (χ4v) is 4.70. The van der Waals surface area contributed by atoms with E-state index >= 15 is 0 Å². The Labute approximate surface area is 254 Å². The van der Waals surface area contributed by atoms with Crippen molar-refractivity contribution < 1.29 is 40.3 Å². The molecular weight excluding hydrogens is 637 g/mol. The van der Waals surface area contributed by atoms with E-state index in [1.165, 1.54) is 18.3 Å². The Hall–Kier alpha value is -4.54. The largest absolute Gasteiger partial charge is 0.437 e. The number of pyridine rings is 1. The van der Waals surface area contributed by atoms with Crippen molar-refractivity contribution in [3.8, 4) is 5.82 Å². The smallest absolute Gasteiger partial charge is 0.349 e. The number of carbonyl (C=O) groups is 2. The maximum atomic E-state index is 14.5. The summed E-state index contributed by atoms with van der Waals surface area (Å²) in [5, 5.41) is 15.8. The quantitative estimate of drug-likeness (QED) is 0.238. The van der Waals surface area contributed by atoms with Crippen molar-refractivity contribution in [1.82, 2.24) is 35.1 Å². The third-order valence-corrected chi connectivity index (χ3v) is 7.10. The minimum Gasteiger partial charge on any atom is -0.349 e. The Morgan fingerprint density at radius 1 is 1.02 bits per heavy atom. The Bertz CT molecular complexity index is 1770. The summed E-state index contributed by atoms with van der Waals surface area (Å²) in [6.07, 6.45) is -9.61. The standard InChI is InChI=1S/C27H22ClF7N8O2/c1-13-8-14(2)21(17(9-13)23(44)37-15-5-6-15)38-24(45)19-10-16(40-43(19)22-18(28)4-3-7-36-22)11-42-12-20(39-41-42)25(29,26(30,31)32)27(33,34)35/h3-4,7-10,12,15H,5-6,11H2,1-2H3,(H,37,44)(H,38,45). The van der Waals surface area contributed by atoms with Gasteiger partial charge in [-0.05, 0) is 62.1 Å². The van der Waals surface area contributed by atoms with Crippen molar-refractivity contribution in [2.24, 2.45) is 0 Å².